The lowest BCUT2D eigenvalue weighted by Crippen LogP contribution is -2.06. The van der Waals surface area contributed by atoms with Crippen LogP contribution in [0.3, 0.4) is 0 Å². The molecule has 1 heterocycles. The van der Waals surface area contributed by atoms with Crippen molar-refractivity contribution in [1.82, 2.24) is 10.3 Å². The van der Waals surface area contributed by atoms with Crippen LogP contribution in [0.4, 0.5) is 5.69 Å². The molecule has 0 bridgehead atoms. The molecule has 2 rings (SSSR count). The minimum absolute atomic E-state index is 0.00381. The van der Waals surface area contributed by atoms with Gasteiger partial charge in [-0.05, 0) is 25.1 Å². The number of halogens is 1. The molecule has 0 amide bonds. The summed E-state index contributed by atoms with van der Waals surface area (Å²) < 4.78 is 9.54. The second kappa shape index (κ2) is 5.05. The Balaban J connectivity index is 2.04. The third-order valence-corrected chi connectivity index (χ3v) is 2.65. The van der Waals surface area contributed by atoms with Crippen molar-refractivity contribution >= 4 is 23.3 Å². The van der Waals surface area contributed by atoms with Crippen molar-refractivity contribution in [3.05, 3.63) is 40.2 Å². The maximum absolute atomic E-state index is 11.7. The number of esters is 1. The number of aryl methyl sites for hydroxylation is 1. The molecule has 18 heavy (non-hydrogen) atoms. The van der Waals surface area contributed by atoms with E-state index in [0.29, 0.717) is 27.7 Å². The Kier molecular flexibility index (Phi) is 3.47. The van der Waals surface area contributed by atoms with Crippen molar-refractivity contribution in [1.29, 1.82) is 0 Å². The number of anilines is 1. The maximum Gasteiger partial charge on any atom is 0.338 e. The van der Waals surface area contributed by atoms with Crippen molar-refractivity contribution in [3.8, 4) is 0 Å². The Hall–Kier alpha value is -2.08. The Morgan fingerprint density at radius 2 is 2.28 bits per heavy atom. The van der Waals surface area contributed by atoms with Crippen LogP contribution in [-0.2, 0) is 11.3 Å². The number of ether oxygens (including phenoxy) is 1. The molecule has 6 nitrogen and oxygen atoms in total. The molecule has 0 aliphatic rings. The van der Waals surface area contributed by atoms with Crippen LogP contribution in [0.2, 0.25) is 5.02 Å². The molecule has 1 aromatic heterocycles. The number of rotatable bonds is 3. The van der Waals surface area contributed by atoms with Crippen LogP contribution >= 0.6 is 11.6 Å². The Morgan fingerprint density at radius 3 is 2.89 bits per heavy atom. The zero-order valence-corrected chi connectivity index (χ0v) is 10.3. The zero-order chi connectivity index (χ0) is 13.1. The molecule has 2 aromatic rings. The fourth-order valence-corrected chi connectivity index (χ4v) is 1.43. The van der Waals surface area contributed by atoms with Crippen molar-refractivity contribution < 1.29 is 14.2 Å². The van der Waals surface area contributed by atoms with Crippen LogP contribution in [0.1, 0.15) is 21.7 Å². The molecule has 0 spiro atoms. The quantitative estimate of drug-likeness (QED) is 0.675. The first-order chi connectivity index (χ1) is 8.58. The van der Waals surface area contributed by atoms with Gasteiger partial charge in [-0.3, -0.25) is 0 Å². The van der Waals surface area contributed by atoms with Gasteiger partial charge in [-0.25, -0.2) is 9.42 Å². The second-order valence-electron chi connectivity index (χ2n) is 3.61. The molecule has 0 aliphatic heterocycles. The van der Waals surface area contributed by atoms with Crippen LogP contribution in [-0.4, -0.2) is 16.3 Å². The normalized spacial score (nSPS) is 10.3. The van der Waals surface area contributed by atoms with Crippen molar-refractivity contribution in [2.75, 3.05) is 5.73 Å². The smallest absolute Gasteiger partial charge is 0.338 e. The van der Waals surface area contributed by atoms with E-state index in [9.17, 15) is 4.79 Å². The van der Waals surface area contributed by atoms with Gasteiger partial charge in [-0.15, -0.1) is 0 Å². The summed E-state index contributed by atoms with van der Waals surface area (Å²) in [6.45, 7) is 1.70. The highest BCUT2D eigenvalue weighted by atomic mass is 35.5. The first-order valence-corrected chi connectivity index (χ1v) is 5.46. The fourth-order valence-electron chi connectivity index (χ4n) is 1.25. The van der Waals surface area contributed by atoms with Crippen molar-refractivity contribution in [2.24, 2.45) is 0 Å². The number of hydrogen-bond acceptors (Lipinski definition) is 6. The van der Waals surface area contributed by atoms with E-state index < -0.39 is 5.97 Å². The third kappa shape index (κ3) is 2.60. The van der Waals surface area contributed by atoms with E-state index in [4.69, 9.17) is 22.1 Å². The van der Waals surface area contributed by atoms with Gasteiger partial charge in [0.2, 0.25) is 0 Å². The van der Waals surface area contributed by atoms with Crippen molar-refractivity contribution in [3.63, 3.8) is 0 Å². The first-order valence-electron chi connectivity index (χ1n) is 5.08. The van der Waals surface area contributed by atoms with Gasteiger partial charge in [0.15, 0.2) is 0 Å². The minimum Gasteiger partial charge on any atom is -0.455 e. The summed E-state index contributed by atoms with van der Waals surface area (Å²) in [5.74, 6) is -0.515. The van der Waals surface area contributed by atoms with E-state index in [1.165, 1.54) is 12.1 Å². The molecular weight excluding hydrogens is 258 g/mol. The average Bonchev–Trinajstić information content (AvgIpc) is 2.75. The van der Waals surface area contributed by atoms with Gasteiger partial charge in [0.25, 0.3) is 0 Å². The summed E-state index contributed by atoms with van der Waals surface area (Å²) in [7, 11) is 0. The average molecular weight is 268 g/mol. The standard InChI is InChI=1S/C11H10ClN3O3/c1-6-10(15-18-14-6)5-17-11(16)7-2-3-9(13)8(12)4-7/h2-4H,5,13H2,1H3. The monoisotopic (exact) mass is 267 g/mol. The molecule has 0 saturated heterocycles. The fraction of sp³-hybridized carbons (Fsp3) is 0.182. The predicted octanol–water partition coefficient (Wildman–Crippen LogP) is 1.97. The molecule has 94 valence electrons. The highest BCUT2D eigenvalue weighted by Crippen LogP contribution is 2.20. The molecular formula is C11H10ClN3O3. The first kappa shape index (κ1) is 12.4. The molecule has 0 unspecified atom stereocenters. The van der Waals surface area contributed by atoms with Gasteiger partial charge in [-0.2, -0.15) is 0 Å². The van der Waals surface area contributed by atoms with E-state index in [2.05, 4.69) is 14.9 Å². The van der Waals surface area contributed by atoms with Crippen LogP contribution < -0.4 is 5.73 Å². The summed E-state index contributed by atoms with van der Waals surface area (Å²) in [5, 5.41) is 7.49. The highest BCUT2D eigenvalue weighted by molar-refractivity contribution is 6.33. The summed E-state index contributed by atoms with van der Waals surface area (Å²) in [6.07, 6.45) is 0. The van der Waals surface area contributed by atoms with Crippen LogP contribution in [0, 0.1) is 6.92 Å². The number of hydrogen-bond donors (Lipinski definition) is 1. The van der Waals surface area contributed by atoms with E-state index >= 15 is 0 Å². The largest absolute Gasteiger partial charge is 0.455 e. The van der Waals surface area contributed by atoms with Gasteiger partial charge in [0, 0.05) is 0 Å². The molecule has 2 N–H and O–H groups in total. The van der Waals surface area contributed by atoms with Crippen LogP contribution in [0.15, 0.2) is 22.8 Å². The lowest BCUT2D eigenvalue weighted by atomic mass is 10.2. The molecule has 0 atom stereocenters. The van der Waals surface area contributed by atoms with Gasteiger partial charge in [0.05, 0.1) is 16.3 Å². The SMILES string of the molecule is Cc1nonc1COC(=O)c1ccc(N)c(Cl)c1. The van der Waals surface area contributed by atoms with E-state index in [1.54, 1.807) is 13.0 Å². The van der Waals surface area contributed by atoms with Crippen LogP contribution in [0.25, 0.3) is 0 Å². The summed E-state index contributed by atoms with van der Waals surface area (Å²) in [4.78, 5) is 11.7. The van der Waals surface area contributed by atoms with Gasteiger partial charge < -0.3 is 10.5 Å². The number of carbonyl (C=O) groups is 1. The number of nitrogens with zero attached hydrogens (tertiary/aromatic N) is 2. The van der Waals surface area contributed by atoms with E-state index in [0.717, 1.165) is 0 Å². The van der Waals surface area contributed by atoms with Crippen molar-refractivity contribution in [2.45, 2.75) is 13.5 Å². The third-order valence-electron chi connectivity index (χ3n) is 2.32. The minimum atomic E-state index is -0.515. The molecule has 7 heteroatoms. The Labute approximate surface area is 108 Å². The molecule has 0 aliphatic carbocycles. The summed E-state index contributed by atoms with van der Waals surface area (Å²) in [6, 6.07) is 4.53. The lowest BCUT2D eigenvalue weighted by molar-refractivity contribution is 0.0463. The highest BCUT2D eigenvalue weighted by Gasteiger charge is 2.12. The predicted molar refractivity (Wildman–Crippen MR) is 64.0 cm³/mol. The molecule has 0 radical (unpaired) electrons. The maximum atomic E-state index is 11.7. The molecule has 0 saturated carbocycles. The van der Waals surface area contributed by atoms with E-state index in [1.807, 2.05) is 0 Å². The lowest BCUT2D eigenvalue weighted by Gasteiger charge is -2.04. The van der Waals surface area contributed by atoms with E-state index in [-0.39, 0.29) is 6.61 Å². The molecule has 0 fully saturated rings. The number of benzene rings is 1. The number of carbonyl (C=O) groups excluding carboxylic acids is 1. The summed E-state index contributed by atoms with van der Waals surface area (Å²) >= 11 is 5.81. The summed E-state index contributed by atoms with van der Waals surface area (Å²) in [5.41, 5.74) is 7.33. The molecule has 1 aromatic carbocycles. The Bertz CT molecular complexity index is 583. The van der Waals surface area contributed by atoms with Gasteiger partial charge in [-0.1, -0.05) is 21.9 Å². The van der Waals surface area contributed by atoms with Crippen LogP contribution in [0.5, 0.6) is 0 Å². The second-order valence-corrected chi connectivity index (χ2v) is 4.02. The number of nitrogen functional groups attached to an aromatic ring is 1. The number of aromatic nitrogens is 2. The Morgan fingerprint density at radius 1 is 1.50 bits per heavy atom. The van der Waals surface area contributed by atoms with Gasteiger partial charge in [0.1, 0.15) is 18.0 Å². The van der Waals surface area contributed by atoms with Gasteiger partial charge >= 0.3 is 5.97 Å². The number of nitrogens with two attached hydrogens (primary N) is 1. The zero-order valence-electron chi connectivity index (χ0n) is 9.51. The topological polar surface area (TPSA) is 91.2 Å².